The van der Waals surface area contributed by atoms with Gasteiger partial charge in [-0.05, 0) is 13.0 Å². The number of ether oxygens (including phenoxy) is 1. The van der Waals surface area contributed by atoms with Crippen LogP contribution in [0.1, 0.15) is 24.2 Å². The third-order valence-electron chi connectivity index (χ3n) is 3.02. The molecule has 0 aliphatic rings. The van der Waals surface area contributed by atoms with Gasteiger partial charge in [0.25, 0.3) is 0 Å². The highest BCUT2D eigenvalue weighted by Gasteiger charge is 2.24. The molecule has 1 aromatic carbocycles. The number of rotatable bonds is 6. The van der Waals surface area contributed by atoms with Crippen LogP contribution in [-0.2, 0) is 6.54 Å². The summed E-state index contributed by atoms with van der Waals surface area (Å²) in [6.07, 6.45) is 1.49. The van der Waals surface area contributed by atoms with Gasteiger partial charge in [-0.1, -0.05) is 29.8 Å². The van der Waals surface area contributed by atoms with Crippen molar-refractivity contribution in [2.75, 3.05) is 0 Å². The molecule has 2 aromatic rings. The normalized spacial score (nSPS) is 12.7. The third kappa shape index (κ3) is 3.31. The molecule has 0 saturated heterocycles. The highest BCUT2D eigenvalue weighted by atomic mass is 35.5. The van der Waals surface area contributed by atoms with E-state index in [1.807, 2.05) is 6.92 Å². The topological polar surface area (TPSA) is 65.1 Å². The van der Waals surface area contributed by atoms with Crippen molar-refractivity contribution in [3.05, 3.63) is 46.7 Å². The Kier molecular flexibility index (Phi) is 5.11. The molecule has 2 rings (SSSR count). The van der Waals surface area contributed by atoms with Crippen LogP contribution in [0.15, 0.2) is 30.5 Å². The van der Waals surface area contributed by atoms with Crippen molar-refractivity contribution in [3.8, 4) is 5.75 Å². The summed E-state index contributed by atoms with van der Waals surface area (Å²) >= 11 is 6.14. The van der Waals surface area contributed by atoms with Crippen LogP contribution in [0, 0.1) is 0 Å². The minimum Gasteiger partial charge on any atom is -0.434 e. The van der Waals surface area contributed by atoms with E-state index in [4.69, 9.17) is 17.4 Å². The van der Waals surface area contributed by atoms with Gasteiger partial charge in [0, 0.05) is 12.1 Å². The summed E-state index contributed by atoms with van der Waals surface area (Å²) in [6.45, 7) is -0.462. The number of benzene rings is 1. The Morgan fingerprint density at radius 3 is 2.76 bits per heavy atom. The van der Waals surface area contributed by atoms with Gasteiger partial charge in [0.15, 0.2) is 0 Å². The molecule has 5 nitrogen and oxygen atoms in total. The lowest BCUT2D eigenvalue weighted by Crippen LogP contribution is -2.31. The summed E-state index contributed by atoms with van der Waals surface area (Å²) in [5.74, 6) is 5.63. The second-order valence-corrected chi connectivity index (χ2v) is 4.62. The van der Waals surface area contributed by atoms with Crippen LogP contribution in [-0.4, -0.2) is 16.4 Å². The van der Waals surface area contributed by atoms with Crippen LogP contribution in [0.2, 0.25) is 5.02 Å². The van der Waals surface area contributed by atoms with Crippen molar-refractivity contribution in [1.29, 1.82) is 0 Å². The molecule has 1 aromatic heterocycles. The molecule has 0 aliphatic carbocycles. The Morgan fingerprint density at radius 1 is 1.43 bits per heavy atom. The van der Waals surface area contributed by atoms with Crippen molar-refractivity contribution < 1.29 is 13.5 Å². The number of alkyl halides is 2. The van der Waals surface area contributed by atoms with E-state index in [9.17, 15) is 8.78 Å². The Balaban J connectivity index is 2.49. The molecule has 0 radical (unpaired) electrons. The molecule has 1 unspecified atom stereocenters. The molecule has 0 saturated carbocycles. The Bertz CT molecular complexity index is 606. The summed E-state index contributed by atoms with van der Waals surface area (Å²) in [7, 11) is 0. The number of nitrogens with zero attached hydrogens (tertiary/aromatic N) is 2. The van der Waals surface area contributed by atoms with E-state index < -0.39 is 12.7 Å². The van der Waals surface area contributed by atoms with Crippen LogP contribution in [0.5, 0.6) is 5.75 Å². The molecule has 0 spiro atoms. The van der Waals surface area contributed by atoms with Gasteiger partial charge in [0.05, 0.1) is 23.0 Å². The first kappa shape index (κ1) is 15.7. The standard InChI is InChI=1S/C13H15ClF2N4O/c1-2-20-12(9(14)7-18-20)11(19-17)8-5-3-4-6-10(8)21-13(15)16/h3-7,11,13,19H,2,17H2,1H3. The van der Waals surface area contributed by atoms with Gasteiger partial charge < -0.3 is 4.74 Å². The Morgan fingerprint density at radius 2 is 2.14 bits per heavy atom. The summed E-state index contributed by atoms with van der Waals surface area (Å²) in [5, 5.41) is 4.51. The van der Waals surface area contributed by atoms with E-state index in [0.29, 0.717) is 22.8 Å². The SMILES string of the molecule is CCn1ncc(Cl)c1C(NN)c1ccccc1OC(F)F. The van der Waals surface area contributed by atoms with E-state index in [2.05, 4.69) is 15.3 Å². The van der Waals surface area contributed by atoms with Gasteiger partial charge in [-0.15, -0.1) is 0 Å². The van der Waals surface area contributed by atoms with Crippen LogP contribution in [0.3, 0.4) is 0 Å². The summed E-state index contributed by atoms with van der Waals surface area (Å²) < 4.78 is 31.2. The van der Waals surface area contributed by atoms with E-state index in [1.165, 1.54) is 12.3 Å². The summed E-state index contributed by atoms with van der Waals surface area (Å²) in [4.78, 5) is 0. The zero-order chi connectivity index (χ0) is 15.4. The number of halogens is 3. The number of para-hydroxylation sites is 1. The minimum absolute atomic E-state index is 0.0374. The van der Waals surface area contributed by atoms with E-state index in [1.54, 1.807) is 22.9 Å². The number of nitrogens with one attached hydrogen (secondary N) is 1. The number of hydrazine groups is 1. The number of hydrogen-bond acceptors (Lipinski definition) is 4. The van der Waals surface area contributed by atoms with E-state index in [-0.39, 0.29) is 5.75 Å². The van der Waals surface area contributed by atoms with E-state index in [0.717, 1.165) is 0 Å². The predicted molar refractivity (Wildman–Crippen MR) is 75.2 cm³/mol. The molecule has 0 bridgehead atoms. The Hall–Kier alpha value is -1.70. The van der Waals surface area contributed by atoms with Crippen LogP contribution >= 0.6 is 11.6 Å². The highest BCUT2D eigenvalue weighted by Crippen LogP contribution is 2.33. The van der Waals surface area contributed by atoms with Gasteiger partial charge in [0.1, 0.15) is 5.75 Å². The van der Waals surface area contributed by atoms with Gasteiger partial charge >= 0.3 is 6.61 Å². The third-order valence-corrected chi connectivity index (χ3v) is 3.31. The second kappa shape index (κ2) is 6.84. The molecule has 0 aliphatic heterocycles. The second-order valence-electron chi connectivity index (χ2n) is 4.21. The quantitative estimate of drug-likeness (QED) is 0.635. The lowest BCUT2D eigenvalue weighted by atomic mass is 10.0. The van der Waals surface area contributed by atoms with Gasteiger partial charge in [-0.2, -0.15) is 13.9 Å². The first-order valence-electron chi connectivity index (χ1n) is 6.29. The summed E-state index contributed by atoms with van der Waals surface area (Å²) in [5.41, 5.74) is 3.63. The fraction of sp³-hybridized carbons (Fsp3) is 0.308. The van der Waals surface area contributed by atoms with Crippen molar-refractivity contribution in [3.63, 3.8) is 0 Å². The first-order valence-corrected chi connectivity index (χ1v) is 6.67. The molecule has 3 N–H and O–H groups in total. The highest BCUT2D eigenvalue weighted by molar-refractivity contribution is 6.31. The predicted octanol–water partition coefficient (Wildman–Crippen LogP) is 2.71. The number of hydrogen-bond donors (Lipinski definition) is 2. The van der Waals surface area contributed by atoms with Crippen LogP contribution < -0.4 is 16.0 Å². The van der Waals surface area contributed by atoms with Crippen molar-refractivity contribution in [1.82, 2.24) is 15.2 Å². The van der Waals surface area contributed by atoms with Crippen LogP contribution in [0.4, 0.5) is 8.78 Å². The first-order chi connectivity index (χ1) is 10.1. The monoisotopic (exact) mass is 316 g/mol. The zero-order valence-corrected chi connectivity index (χ0v) is 12.0. The maximum absolute atomic E-state index is 12.5. The molecule has 1 atom stereocenters. The average Bonchev–Trinajstić information content (AvgIpc) is 2.82. The molecular weight excluding hydrogens is 302 g/mol. The largest absolute Gasteiger partial charge is 0.434 e. The molecule has 0 amide bonds. The molecule has 21 heavy (non-hydrogen) atoms. The van der Waals surface area contributed by atoms with Gasteiger partial charge in [-0.3, -0.25) is 10.5 Å². The fourth-order valence-corrected chi connectivity index (χ4v) is 2.40. The maximum Gasteiger partial charge on any atom is 0.387 e. The molecular formula is C13H15ClF2N4O. The van der Waals surface area contributed by atoms with Crippen molar-refractivity contribution in [2.24, 2.45) is 5.84 Å². The molecule has 0 fully saturated rings. The van der Waals surface area contributed by atoms with Gasteiger partial charge in [0.2, 0.25) is 0 Å². The Labute approximate surface area is 125 Å². The lowest BCUT2D eigenvalue weighted by Gasteiger charge is -2.21. The fourth-order valence-electron chi connectivity index (χ4n) is 2.15. The molecule has 114 valence electrons. The number of aromatic nitrogens is 2. The smallest absolute Gasteiger partial charge is 0.387 e. The van der Waals surface area contributed by atoms with Crippen molar-refractivity contribution >= 4 is 11.6 Å². The molecule has 8 heteroatoms. The van der Waals surface area contributed by atoms with Crippen molar-refractivity contribution in [2.45, 2.75) is 26.1 Å². The zero-order valence-electron chi connectivity index (χ0n) is 11.3. The number of nitrogens with two attached hydrogens (primary N) is 1. The van der Waals surface area contributed by atoms with Crippen LogP contribution in [0.25, 0.3) is 0 Å². The lowest BCUT2D eigenvalue weighted by molar-refractivity contribution is -0.0506. The minimum atomic E-state index is -2.92. The number of aryl methyl sites for hydroxylation is 1. The molecule has 1 heterocycles. The maximum atomic E-state index is 12.5. The van der Waals surface area contributed by atoms with E-state index >= 15 is 0 Å². The summed E-state index contributed by atoms with van der Waals surface area (Å²) in [6, 6.07) is 5.79. The average molecular weight is 317 g/mol. The van der Waals surface area contributed by atoms with Gasteiger partial charge in [-0.25, -0.2) is 5.43 Å².